The maximum atomic E-state index is 4.61. The Balaban J connectivity index is 0.000000123. The Bertz CT molecular complexity index is 8570. The van der Waals surface area contributed by atoms with Crippen LogP contribution in [0, 0.1) is 0 Å². The van der Waals surface area contributed by atoms with Crippen LogP contribution in [0.3, 0.4) is 0 Å². The molecule has 148 heavy (non-hydrogen) atoms. The SMILES string of the molecule is c1ccc(-c2ccc(-c3ccc(N(c4ccc(-c5ccccc5)cc4)c4ccc(-c5ccccn5)cc4)cc3)cc2)cc1.c1ccc(-c2ccc(-c3ccc(N(c4ccc(-c5ccccn5)cc4)c4cc(-c5ccccc5)cc(-c5ccccc5)c4)cc3)cc2)cc1.c1ccc(-c2ccc(N(c3ccc(-c4ccc5c(c4)c4ccccc4n5-c4ccccc4)cc3)c3ccc(-c4ccccn4)cc3)c(-c3ccccc3)c2)cc1. The molecular weight excluding hydrogens is 1790 g/mol. The number of fused-ring (bicyclic) bond motifs is 3. The minimum Gasteiger partial charge on any atom is -0.311 e. The van der Waals surface area contributed by atoms with E-state index < -0.39 is 0 Å². The third kappa shape index (κ3) is 20.5. The van der Waals surface area contributed by atoms with Crippen molar-refractivity contribution in [2.75, 3.05) is 14.7 Å². The Morgan fingerprint density at radius 2 is 0.372 bits per heavy atom. The monoisotopic (exact) mass is 1890 g/mol. The van der Waals surface area contributed by atoms with E-state index in [4.69, 9.17) is 0 Å². The lowest BCUT2D eigenvalue weighted by atomic mass is 9.96. The zero-order chi connectivity index (χ0) is 98.9. The van der Waals surface area contributed by atoms with Gasteiger partial charge in [-0.3, -0.25) is 15.0 Å². The van der Waals surface area contributed by atoms with Crippen LogP contribution in [0.5, 0.6) is 0 Å². The van der Waals surface area contributed by atoms with Gasteiger partial charge in [0, 0.05) is 103 Å². The molecule has 0 saturated carbocycles. The third-order valence-electron chi connectivity index (χ3n) is 27.4. The fraction of sp³-hybridized carbons (Fsp3) is 0. The maximum Gasteiger partial charge on any atom is 0.0701 e. The summed E-state index contributed by atoms with van der Waals surface area (Å²) in [5.41, 5.74) is 43.3. The van der Waals surface area contributed by atoms with Crippen LogP contribution in [0.25, 0.3) is 173 Å². The van der Waals surface area contributed by atoms with Crippen LogP contribution in [0.4, 0.5) is 51.2 Å². The predicted octanol–water partition coefficient (Wildman–Crippen LogP) is 38.4. The van der Waals surface area contributed by atoms with E-state index in [0.29, 0.717) is 0 Å². The molecule has 0 N–H and O–H groups in total. The highest BCUT2D eigenvalue weighted by molar-refractivity contribution is 6.11. The number of anilines is 9. The normalized spacial score (nSPS) is 11.0. The zero-order valence-electron chi connectivity index (χ0n) is 81.4. The smallest absolute Gasteiger partial charge is 0.0701 e. The molecule has 0 spiro atoms. The van der Waals surface area contributed by atoms with Crippen LogP contribution in [0.2, 0.25) is 0 Å². The molecule has 25 aromatic rings. The van der Waals surface area contributed by atoms with E-state index in [1.165, 1.54) is 122 Å². The lowest BCUT2D eigenvalue weighted by Crippen LogP contribution is -2.11. The Labute approximate surface area is 864 Å². The van der Waals surface area contributed by atoms with Crippen molar-refractivity contribution in [1.29, 1.82) is 0 Å². The fourth-order valence-electron chi connectivity index (χ4n) is 19.8. The topological polar surface area (TPSA) is 53.3 Å². The van der Waals surface area contributed by atoms with E-state index in [2.05, 4.69) is 580 Å². The van der Waals surface area contributed by atoms with E-state index in [1.54, 1.807) is 0 Å². The van der Waals surface area contributed by atoms with Crippen LogP contribution in [-0.2, 0) is 0 Å². The molecule has 0 unspecified atom stereocenters. The van der Waals surface area contributed by atoms with E-state index in [1.807, 2.05) is 67.1 Å². The fourth-order valence-corrected chi connectivity index (χ4v) is 19.8. The van der Waals surface area contributed by atoms with Gasteiger partial charge in [-0.25, -0.2) is 0 Å². The number of para-hydroxylation sites is 2. The zero-order valence-corrected chi connectivity index (χ0v) is 81.4. The van der Waals surface area contributed by atoms with Crippen molar-refractivity contribution in [2.24, 2.45) is 0 Å². The molecule has 700 valence electrons. The highest BCUT2D eigenvalue weighted by atomic mass is 15.2. The van der Waals surface area contributed by atoms with Gasteiger partial charge in [-0.15, -0.1) is 0 Å². The number of nitrogens with zero attached hydrogens (tertiary/aromatic N) is 7. The van der Waals surface area contributed by atoms with Crippen molar-refractivity contribution in [3.05, 3.63) is 613 Å². The molecule has 7 heteroatoms. The van der Waals surface area contributed by atoms with Crippen LogP contribution in [-0.4, -0.2) is 19.5 Å². The molecular formula is C141H101N7. The molecule has 0 bridgehead atoms. The molecule has 4 aromatic heterocycles. The van der Waals surface area contributed by atoms with Gasteiger partial charge in [0.15, 0.2) is 0 Å². The quantitative estimate of drug-likeness (QED) is 0.0636. The molecule has 0 aliphatic rings. The summed E-state index contributed by atoms with van der Waals surface area (Å²) in [6.07, 6.45) is 5.52. The lowest BCUT2D eigenvalue weighted by molar-refractivity contribution is 1.18. The standard InChI is InChI=1S/C53H37N3.C47H34N2.C41H30N2/c1-4-14-38(15-5-1)42-27-33-52(48(36-42)40-16-6-2-7-17-40)55(46-31-25-41(26-32-46)50-21-12-13-35-54-50)45-29-23-39(24-30-45)43-28-34-53-49(37-43)47-20-10-11-22-51(47)56(53)44-18-8-3-9-19-44;1-4-12-35(13-5-1)38-19-21-39(22-20-38)40-23-27-44(28-24-40)49(45-29-25-41(26-30-45)47-18-10-11-31-48-47)46-33-42(36-14-6-2-7-15-36)32-43(34-46)37-16-8-3-9-17-37;1-3-9-31(10-4-1)33-14-16-34(17-15-33)36-20-26-39(27-21-36)43(38-24-18-35(19-25-38)32-11-5-2-6-12-32)40-28-22-37(23-29-40)41-13-7-8-30-42-41/h1-37H;1-34H;1-30H. The second kappa shape index (κ2) is 43.4. The van der Waals surface area contributed by atoms with E-state index >= 15 is 0 Å². The molecule has 21 aromatic carbocycles. The van der Waals surface area contributed by atoms with Gasteiger partial charge in [-0.2, -0.15) is 0 Å². The summed E-state index contributed by atoms with van der Waals surface area (Å²) >= 11 is 0. The summed E-state index contributed by atoms with van der Waals surface area (Å²) in [5.74, 6) is 0. The first-order valence-electron chi connectivity index (χ1n) is 50.2. The van der Waals surface area contributed by atoms with Crippen LogP contribution in [0.1, 0.15) is 0 Å². The first-order chi connectivity index (χ1) is 73.4. The van der Waals surface area contributed by atoms with Gasteiger partial charge in [0.1, 0.15) is 0 Å². The maximum absolute atomic E-state index is 4.61. The predicted molar refractivity (Wildman–Crippen MR) is 622 cm³/mol. The Kier molecular flexibility index (Phi) is 27.0. The van der Waals surface area contributed by atoms with Crippen molar-refractivity contribution in [3.63, 3.8) is 0 Å². The van der Waals surface area contributed by atoms with Gasteiger partial charge >= 0.3 is 0 Å². The van der Waals surface area contributed by atoms with E-state index in [-0.39, 0.29) is 0 Å². The second-order valence-electron chi connectivity index (χ2n) is 36.6. The van der Waals surface area contributed by atoms with E-state index in [9.17, 15) is 0 Å². The number of aromatic nitrogens is 4. The highest BCUT2D eigenvalue weighted by Gasteiger charge is 2.24. The average Bonchev–Trinajstić information content (AvgIpc) is 1.56. The molecule has 0 amide bonds. The first-order valence-corrected chi connectivity index (χ1v) is 50.2. The van der Waals surface area contributed by atoms with Gasteiger partial charge in [0.05, 0.1) is 33.8 Å². The van der Waals surface area contributed by atoms with Crippen molar-refractivity contribution in [2.45, 2.75) is 0 Å². The van der Waals surface area contributed by atoms with Crippen LogP contribution >= 0.6 is 0 Å². The second-order valence-corrected chi connectivity index (χ2v) is 36.6. The number of hydrogen-bond donors (Lipinski definition) is 0. The molecule has 0 aliphatic carbocycles. The molecule has 25 rings (SSSR count). The van der Waals surface area contributed by atoms with Crippen molar-refractivity contribution in [3.8, 4) is 151 Å². The molecule has 0 aliphatic heterocycles. The van der Waals surface area contributed by atoms with Crippen LogP contribution in [0.15, 0.2) is 613 Å². The number of hydrogen-bond acceptors (Lipinski definition) is 6. The largest absolute Gasteiger partial charge is 0.311 e. The van der Waals surface area contributed by atoms with Crippen molar-refractivity contribution in [1.82, 2.24) is 19.5 Å². The Morgan fingerprint density at radius 1 is 0.135 bits per heavy atom. The first kappa shape index (κ1) is 92.0. The molecule has 0 radical (unpaired) electrons. The number of pyridine rings is 3. The lowest BCUT2D eigenvalue weighted by Gasteiger charge is -2.29. The van der Waals surface area contributed by atoms with Gasteiger partial charge < -0.3 is 19.3 Å². The Hall–Kier alpha value is -19.7. The number of benzene rings is 21. The minimum absolute atomic E-state index is 0.955. The number of rotatable bonds is 23. The van der Waals surface area contributed by atoms with Gasteiger partial charge in [-0.1, -0.05) is 413 Å². The van der Waals surface area contributed by atoms with Crippen molar-refractivity contribution >= 4 is 73.0 Å². The Morgan fingerprint density at radius 3 is 0.709 bits per heavy atom. The summed E-state index contributed by atoms with van der Waals surface area (Å²) in [5, 5.41) is 2.49. The summed E-state index contributed by atoms with van der Waals surface area (Å²) in [7, 11) is 0. The van der Waals surface area contributed by atoms with E-state index in [0.717, 1.165) is 102 Å². The minimum atomic E-state index is 0.955. The summed E-state index contributed by atoms with van der Waals surface area (Å²) in [4.78, 5) is 20.7. The summed E-state index contributed by atoms with van der Waals surface area (Å²) in [6, 6.07) is 211. The van der Waals surface area contributed by atoms with Crippen molar-refractivity contribution < 1.29 is 0 Å². The van der Waals surface area contributed by atoms with Crippen LogP contribution < -0.4 is 14.7 Å². The summed E-state index contributed by atoms with van der Waals surface area (Å²) < 4.78 is 2.36. The van der Waals surface area contributed by atoms with Gasteiger partial charge in [-0.05, 0) is 288 Å². The third-order valence-corrected chi connectivity index (χ3v) is 27.4. The van der Waals surface area contributed by atoms with Gasteiger partial charge in [0.25, 0.3) is 0 Å². The summed E-state index contributed by atoms with van der Waals surface area (Å²) in [6.45, 7) is 0. The molecule has 0 fully saturated rings. The van der Waals surface area contributed by atoms with Gasteiger partial charge in [0.2, 0.25) is 0 Å². The molecule has 0 atom stereocenters. The molecule has 4 heterocycles. The highest BCUT2D eigenvalue weighted by Crippen LogP contribution is 2.48. The molecule has 0 saturated heterocycles. The molecule has 7 nitrogen and oxygen atoms in total. The average molecular weight is 1890 g/mol.